The Balaban J connectivity index is 0.00000486. The zero-order chi connectivity index (χ0) is 34.6. The predicted octanol–water partition coefficient (Wildman–Crippen LogP) is 3.67. The third-order valence-corrected chi connectivity index (χ3v) is 13.8. The average Bonchev–Trinajstić information content (AvgIpc) is 3.18. The molecule has 3 fully saturated rings. The number of aliphatic hydroxyl groups is 1. The number of piperazine rings is 3. The van der Waals surface area contributed by atoms with Crippen molar-refractivity contribution in [2.24, 2.45) is 5.41 Å². The quantitative estimate of drug-likeness (QED) is 0.256. The second-order valence-corrected chi connectivity index (χ2v) is 17.3. The Kier molecular flexibility index (Phi) is 12.6. The van der Waals surface area contributed by atoms with Crippen molar-refractivity contribution < 1.29 is 35.2 Å². The monoisotopic (exact) mass is 723 g/mol. The molecule has 0 aromatic heterocycles. The van der Waals surface area contributed by atoms with Crippen LogP contribution in [0.15, 0.2) is 71.6 Å². The summed E-state index contributed by atoms with van der Waals surface area (Å²) < 4.78 is 35.7. The van der Waals surface area contributed by atoms with Crippen molar-refractivity contribution >= 4 is 15.5 Å². The standard InChI is InChI=1S/C41H58N3O4S.ClH/c1-5-7-20-41(21-8-6-2)31-49(46,47)38-18-15-35(42(3)4)29-37(38)39(40(41)45)34-13-16-36(17-14-34)48-28-19-32-9-11-33(12-10-32)30-44-25-22-43(23-26-44)24-27-44;/h9-18,29,39-40,45H,5-8,19-28,30-31H2,1-4H3;1H/q+1;/p-1/t39-,40-;/m1./s1. The molecule has 7 rings (SSSR count). The Hall–Kier alpha value is -2.62. The summed E-state index contributed by atoms with van der Waals surface area (Å²) in [5.41, 5.74) is 4.52. The SMILES string of the molecule is CCCCC1(CCCC)CS(=O)(=O)c2ccc(N(C)C)cc2[C@@H](c2ccc(OCCc3ccc(C[N+]45CCN(CC4)CC5)cc3)cc2)[C@H]1O.[Cl-]. The molecule has 1 N–H and O–H groups in total. The van der Waals surface area contributed by atoms with Crippen molar-refractivity contribution in [1.29, 1.82) is 0 Å². The summed E-state index contributed by atoms with van der Waals surface area (Å²) in [5, 5.41) is 12.4. The van der Waals surface area contributed by atoms with Gasteiger partial charge in [0.15, 0.2) is 9.84 Å². The number of unbranched alkanes of at least 4 members (excludes halogenated alkanes) is 2. The molecule has 3 saturated heterocycles. The molecule has 274 valence electrons. The van der Waals surface area contributed by atoms with Crippen molar-refractivity contribution in [3.8, 4) is 5.75 Å². The van der Waals surface area contributed by atoms with Crippen molar-refractivity contribution in [1.82, 2.24) is 4.90 Å². The summed E-state index contributed by atoms with van der Waals surface area (Å²) >= 11 is 0. The second-order valence-electron chi connectivity index (χ2n) is 15.4. The van der Waals surface area contributed by atoms with Gasteiger partial charge in [-0.1, -0.05) is 75.9 Å². The first-order valence-electron chi connectivity index (χ1n) is 18.7. The Morgan fingerprint density at radius 3 is 2.06 bits per heavy atom. The van der Waals surface area contributed by atoms with Crippen LogP contribution in [0.1, 0.15) is 80.5 Å². The fourth-order valence-corrected chi connectivity index (χ4v) is 10.8. The van der Waals surface area contributed by atoms with E-state index in [2.05, 4.69) is 43.0 Å². The third kappa shape index (κ3) is 8.36. The highest BCUT2D eigenvalue weighted by atomic mass is 35.5. The zero-order valence-electron chi connectivity index (χ0n) is 30.6. The molecule has 2 atom stereocenters. The number of hydrogen-bond acceptors (Lipinski definition) is 6. The van der Waals surface area contributed by atoms with Gasteiger partial charge in [0, 0.05) is 62.7 Å². The Bertz CT molecular complexity index is 1630. The van der Waals surface area contributed by atoms with Gasteiger partial charge in [-0.25, -0.2) is 8.42 Å². The molecule has 0 saturated carbocycles. The number of benzene rings is 3. The lowest BCUT2D eigenvalue weighted by Gasteiger charge is -2.50. The van der Waals surface area contributed by atoms with E-state index in [4.69, 9.17) is 4.74 Å². The van der Waals surface area contributed by atoms with Crippen LogP contribution in [-0.2, 0) is 22.8 Å². The normalized spacial score (nSPS) is 24.9. The average molecular weight is 724 g/mol. The molecule has 3 aromatic carbocycles. The van der Waals surface area contributed by atoms with Crippen LogP contribution in [0.3, 0.4) is 0 Å². The molecule has 4 aliphatic heterocycles. The number of ether oxygens (including phenoxy) is 1. The van der Waals surface area contributed by atoms with E-state index in [0.717, 1.165) is 55.6 Å². The predicted molar refractivity (Wildman–Crippen MR) is 199 cm³/mol. The third-order valence-electron chi connectivity index (χ3n) is 11.8. The maximum atomic E-state index is 14.1. The van der Waals surface area contributed by atoms with E-state index in [1.807, 2.05) is 55.4 Å². The van der Waals surface area contributed by atoms with Gasteiger partial charge in [-0.15, -0.1) is 0 Å². The number of nitrogens with zero attached hydrogens (tertiary/aromatic N) is 3. The van der Waals surface area contributed by atoms with Crippen molar-refractivity contribution in [2.75, 3.05) is 70.6 Å². The van der Waals surface area contributed by atoms with Crippen LogP contribution in [-0.4, -0.2) is 94.7 Å². The topological polar surface area (TPSA) is 70.1 Å². The van der Waals surface area contributed by atoms with Crippen LogP contribution in [0.2, 0.25) is 0 Å². The highest BCUT2D eigenvalue weighted by Crippen LogP contribution is 2.50. The van der Waals surface area contributed by atoms with Crippen LogP contribution in [0, 0.1) is 5.41 Å². The zero-order valence-corrected chi connectivity index (χ0v) is 32.2. The number of rotatable bonds is 14. The first kappa shape index (κ1) is 38.6. The Labute approximate surface area is 307 Å². The van der Waals surface area contributed by atoms with Gasteiger partial charge in [-0.3, -0.25) is 4.90 Å². The van der Waals surface area contributed by atoms with Crippen molar-refractivity contribution in [2.45, 2.75) is 82.3 Å². The van der Waals surface area contributed by atoms with Crippen molar-refractivity contribution in [3.05, 3.63) is 89.0 Å². The molecule has 2 bridgehead atoms. The summed E-state index contributed by atoms with van der Waals surface area (Å²) in [6.45, 7) is 13.5. The molecule has 7 nitrogen and oxygen atoms in total. The number of anilines is 1. The summed E-state index contributed by atoms with van der Waals surface area (Å²) in [7, 11) is 0.296. The molecule has 4 heterocycles. The van der Waals surface area contributed by atoms with Gasteiger partial charge >= 0.3 is 0 Å². The molecule has 3 aromatic rings. The van der Waals surface area contributed by atoms with Crippen LogP contribution in [0.5, 0.6) is 5.75 Å². The van der Waals surface area contributed by atoms with Gasteiger partial charge in [0.2, 0.25) is 0 Å². The molecule has 0 amide bonds. The minimum Gasteiger partial charge on any atom is -1.00 e. The molecule has 0 aliphatic carbocycles. The lowest BCUT2D eigenvalue weighted by molar-refractivity contribution is -0.953. The maximum Gasteiger partial charge on any atom is 0.179 e. The van der Waals surface area contributed by atoms with Gasteiger partial charge in [0.1, 0.15) is 12.3 Å². The largest absolute Gasteiger partial charge is 1.00 e. The molecule has 0 spiro atoms. The minimum absolute atomic E-state index is 0. The number of hydrogen-bond donors (Lipinski definition) is 1. The number of sulfone groups is 1. The van der Waals surface area contributed by atoms with Gasteiger partial charge in [0.25, 0.3) is 0 Å². The van der Waals surface area contributed by atoms with E-state index in [0.29, 0.717) is 29.9 Å². The van der Waals surface area contributed by atoms with Gasteiger partial charge in [-0.05, 0) is 59.9 Å². The van der Waals surface area contributed by atoms with E-state index in [1.54, 1.807) is 6.07 Å². The Morgan fingerprint density at radius 1 is 0.880 bits per heavy atom. The second kappa shape index (κ2) is 16.4. The summed E-state index contributed by atoms with van der Waals surface area (Å²) in [4.78, 5) is 4.94. The Morgan fingerprint density at radius 2 is 1.48 bits per heavy atom. The van der Waals surface area contributed by atoms with E-state index in [9.17, 15) is 13.5 Å². The van der Waals surface area contributed by atoms with Crippen molar-refractivity contribution in [3.63, 3.8) is 0 Å². The molecule has 0 unspecified atom stereocenters. The van der Waals surface area contributed by atoms with E-state index in [1.165, 1.54) is 54.9 Å². The van der Waals surface area contributed by atoms with Crippen LogP contribution >= 0.6 is 0 Å². The summed E-state index contributed by atoms with van der Waals surface area (Å²) in [5.74, 6) is 0.293. The molecule has 4 aliphatic rings. The summed E-state index contributed by atoms with van der Waals surface area (Å²) in [6.07, 6.45) is 5.06. The highest BCUT2D eigenvalue weighted by Gasteiger charge is 2.49. The highest BCUT2D eigenvalue weighted by molar-refractivity contribution is 7.91. The smallest absolute Gasteiger partial charge is 0.179 e. The molecule has 50 heavy (non-hydrogen) atoms. The van der Waals surface area contributed by atoms with Gasteiger partial charge in [-0.2, -0.15) is 0 Å². The maximum absolute atomic E-state index is 14.1. The van der Waals surface area contributed by atoms with Crippen LogP contribution < -0.4 is 22.0 Å². The first-order valence-corrected chi connectivity index (χ1v) is 20.3. The molecular formula is C41H58ClN3O4S. The van der Waals surface area contributed by atoms with Crippen LogP contribution in [0.4, 0.5) is 5.69 Å². The molecular weight excluding hydrogens is 666 g/mol. The number of fused-ring (bicyclic) bond motifs is 4. The lowest BCUT2D eigenvalue weighted by atomic mass is 9.68. The number of halogens is 1. The first-order chi connectivity index (χ1) is 23.6. The minimum atomic E-state index is -3.63. The fraction of sp³-hybridized carbons (Fsp3) is 0.561. The van der Waals surface area contributed by atoms with Crippen LogP contribution in [0.25, 0.3) is 0 Å². The van der Waals surface area contributed by atoms with Gasteiger partial charge in [0.05, 0.1) is 43.0 Å². The fourth-order valence-electron chi connectivity index (χ4n) is 8.62. The van der Waals surface area contributed by atoms with E-state index >= 15 is 0 Å². The number of quaternary nitrogens is 1. The lowest BCUT2D eigenvalue weighted by Crippen LogP contribution is -3.00. The van der Waals surface area contributed by atoms with Gasteiger partial charge < -0.3 is 31.6 Å². The summed E-state index contributed by atoms with van der Waals surface area (Å²) in [6, 6.07) is 22.7. The molecule has 0 radical (unpaired) electrons. The number of aliphatic hydroxyl groups excluding tert-OH is 1. The van der Waals surface area contributed by atoms with E-state index in [-0.39, 0.29) is 18.2 Å². The van der Waals surface area contributed by atoms with E-state index < -0.39 is 27.3 Å². The molecule has 9 heteroatoms.